The second-order valence-electron chi connectivity index (χ2n) is 4.73. The van der Waals surface area contributed by atoms with E-state index >= 15 is 0 Å². The van der Waals surface area contributed by atoms with Crippen molar-refractivity contribution in [2.24, 2.45) is 11.7 Å². The van der Waals surface area contributed by atoms with Crippen molar-refractivity contribution in [3.63, 3.8) is 0 Å². The highest BCUT2D eigenvalue weighted by Gasteiger charge is 2.15. The van der Waals surface area contributed by atoms with Crippen molar-refractivity contribution >= 4 is 12.4 Å². The molecular weight excluding hydrogens is 250 g/mol. The molecule has 1 aliphatic heterocycles. The minimum Gasteiger partial charge on any atom is -0.486 e. The molecule has 4 heteroatoms. The van der Waals surface area contributed by atoms with Gasteiger partial charge in [-0.25, -0.2) is 0 Å². The number of ether oxygens (including phenoxy) is 2. The predicted octanol–water partition coefficient (Wildman–Crippen LogP) is 2.80. The van der Waals surface area contributed by atoms with E-state index in [0.29, 0.717) is 19.1 Å². The Morgan fingerprint density at radius 1 is 1.22 bits per heavy atom. The first-order valence-electron chi connectivity index (χ1n) is 6.34. The van der Waals surface area contributed by atoms with Crippen LogP contribution in [0, 0.1) is 5.92 Å². The van der Waals surface area contributed by atoms with Gasteiger partial charge in [0.05, 0.1) is 0 Å². The Morgan fingerprint density at radius 3 is 2.56 bits per heavy atom. The van der Waals surface area contributed by atoms with Gasteiger partial charge in [0.2, 0.25) is 0 Å². The second-order valence-corrected chi connectivity index (χ2v) is 4.73. The molecule has 0 bridgehead atoms. The minimum atomic E-state index is 0. The predicted molar refractivity (Wildman–Crippen MR) is 75.8 cm³/mol. The first-order valence-corrected chi connectivity index (χ1v) is 6.34. The first kappa shape index (κ1) is 15.1. The van der Waals surface area contributed by atoms with E-state index in [1.54, 1.807) is 0 Å². The van der Waals surface area contributed by atoms with Crippen molar-refractivity contribution in [2.75, 3.05) is 13.2 Å². The smallest absolute Gasteiger partial charge is 0.161 e. The van der Waals surface area contributed by atoms with Crippen LogP contribution in [0.1, 0.15) is 25.8 Å². The largest absolute Gasteiger partial charge is 0.486 e. The summed E-state index contributed by atoms with van der Waals surface area (Å²) in [7, 11) is 0. The van der Waals surface area contributed by atoms with E-state index in [9.17, 15) is 0 Å². The molecule has 1 heterocycles. The topological polar surface area (TPSA) is 44.5 Å². The standard InChI is InChI=1S/C14H21NO2.ClH/c1-3-12(15)10(2)8-11-4-5-13-14(9-11)17-7-6-16-13;/h4-5,9-10,12H,3,6-8,15H2,1-2H3;1H. The SMILES string of the molecule is CCC(N)C(C)Cc1ccc2c(c1)OCCO2.Cl. The molecule has 0 spiro atoms. The van der Waals surface area contributed by atoms with Crippen LogP contribution < -0.4 is 15.2 Å². The fourth-order valence-electron chi connectivity index (χ4n) is 2.14. The van der Waals surface area contributed by atoms with Crippen LogP contribution in [0.5, 0.6) is 11.5 Å². The van der Waals surface area contributed by atoms with Crippen molar-refractivity contribution in [1.82, 2.24) is 0 Å². The van der Waals surface area contributed by atoms with Crippen LogP contribution in [0.25, 0.3) is 0 Å². The summed E-state index contributed by atoms with van der Waals surface area (Å²) < 4.78 is 11.1. The summed E-state index contributed by atoms with van der Waals surface area (Å²) in [4.78, 5) is 0. The number of rotatable bonds is 4. The second kappa shape index (κ2) is 6.86. The third-order valence-corrected chi connectivity index (χ3v) is 3.37. The fraction of sp³-hybridized carbons (Fsp3) is 0.571. The van der Waals surface area contributed by atoms with Crippen LogP contribution in [0.15, 0.2) is 18.2 Å². The highest BCUT2D eigenvalue weighted by molar-refractivity contribution is 5.85. The molecule has 102 valence electrons. The molecular formula is C14H22ClNO2. The lowest BCUT2D eigenvalue weighted by Gasteiger charge is -2.21. The lowest BCUT2D eigenvalue weighted by molar-refractivity contribution is 0.171. The number of nitrogens with two attached hydrogens (primary N) is 1. The Balaban J connectivity index is 0.00000162. The number of halogens is 1. The van der Waals surface area contributed by atoms with Gasteiger partial charge in [0.15, 0.2) is 11.5 Å². The molecule has 2 N–H and O–H groups in total. The number of hydrogen-bond donors (Lipinski definition) is 1. The van der Waals surface area contributed by atoms with Gasteiger partial charge in [0.25, 0.3) is 0 Å². The number of hydrogen-bond acceptors (Lipinski definition) is 3. The van der Waals surface area contributed by atoms with Gasteiger partial charge >= 0.3 is 0 Å². The van der Waals surface area contributed by atoms with Gasteiger partial charge in [-0.2, -0.15) is 0 Å². The summed E-state index contributed by atoms with van der Waals surface area (Å²) in [6.45, 7) is 5.61. The molecule has 3 nitrogen and oxygen atoms in total. The molecule has 1 aliphatic rings. The highest BCUT2D eigenvalue weighted by Crippen LogP contribution is 2.31. The molecule has 1 aromatic carbocycles. The highest BCUT2D eigenvalue weighted by atomic mass is 35.5. The molecule has 0 fully saturated rings. The Hall–Kier alpha value is -0.930. The zero-order valence-corrected chi connectivity index (χ0v) is 11.8. The van der Waals surface area contributed by atoms with Crippen LogP contribution in [0.2, 0.25) is 0 Å². The molecule has 0 saturated carbocycles. The van der Waals surface area contributed by atoms with Gasteiger partial charge in [-0.05, 0) is 36.5 Å². The van der Waals surface area contributed by atoms with Crippen molar-refractivity contribution in [1.29, 1.82) is 0 Å². The van der Waals surface area contributed by atoms with Crippen LogP contribution in [0.4, 0.5) is 0 Å². The van der Waals surface area contributed by atoms with Crippen LogP contribution in [-0.4, -0.2) is 19.3 Å². The lowest BCUT2D eigenvalue weighted by Crippen LogP contribution is -2.28. The van der Waals surface area contributed by atoms with Crippen LogP contribution in [-0.2, 0) is 6.42 Å². The van der Waals surface area contributed by atoms with Gasteiger partial charge in [0.1, 0.15) is 13.2 Å². The van der Waals surface area contributed by atoms with Crippen LogP contribution >= 0.6 is 12.4 Å². The average molecular weight is 272 g/mol. The molecule has 0 aromatic heterocycles. The van der Waals surface area contributed by atoms with E-state index in [-0.39, 0.29) is 18.4 Å². The number of benzene rings is 1. The average Bonchev–Trinajstić information content (AvgIpc) is 2.37. The van der Waals surface area contributed by atoms with E-state index in [0.717, 1.165) is 24.3 Å². The Labute approximate surface area is 115 Å². The Bertz CT molecular complexity index is 384. The van der Waals surface area contributed by atoms with Crippen molar-refractivity contribution in [3.8, 4) is 11.5 Å². The third-order valence-electron chi connectivity index (χ3n) is 3.37. The molecule has 0 aliphatic carbocycles. The van der Waals surface area contributed by atoms with Crippen molar-refractivity contribution < 1.29 is 9.47 Å². The minimum absolute atomic E-state index is 0. The lowest BCUT2D eigenvalue weighted by atomic mass is 9.93. The van der Waals surface area contributed by atoms with E-state index in [1.165, 1.54) is 5.56 Å². The zero-order chi connectivity index (χ0) is 12.3. The number of fused-ring (bicyclic) bond motifs is 1. The molecule has 0 saturated heterocycles. The van der Waals surface area contributed by atoms with Crippen molar-refractivity contribution in [3.05, 3.63) is 23.8 Å². The fourth-order valence-corrected chi connectivity index (χ4v) is 2.14. The van der Waals surface area contributed by atoms with Gasteiger partial charge in [0, 0.05) is 6.04 Å². The zero-order valence-electron chi connectivity index (χ0n) is 11.0. The normalized spacial score (nSPS) is 16.6. The summed E-state index contributed by atoms with van der Waals surface area (Å²) >= 11 is 0. The Kier molecular flexibility index (Phi) is 5.76. The van der Waals surface area contributed by atoms with Gasteiger partial charge < -0.3 is 15.2 Å². The summed E-state index contributed by atoms with van der Waals surface area (Å²) in [5.41, 5.74) is 7.32. The summed E-state index contributed by atoms with van der Waals surface area (Å²) in [6.07, 6.45) is 2.01. The third kappa shape index (κ3) is 3.53. The van der Waals surface area contributed by atoms with E-state index in [2.05, 4.69) is 26.0 Å². The maximum Gasteiger partial charge on any atom is 0.161 e. The first-order chi connectivity index (χ1) is 8.20. The summed E-state index contributed by atoms with van der Waals surface area (Å²) in [6, 6.07) is 6.44. The molecule has 1 aromatic rings. The van der Waals surface area contributed by atoms with E-state index < -0.39 is 0 Å². The van der Waals surface area contributed by atoms with Crippen LogP contribution in [0.3, 0.4) is 0 Å². The monoisotopic (exact) mass is 271 g/mol. The maximum absolute atomic E-state index is 6.05. The van der Waals surface area contributed by atoms with E-state index in [4.69, 9.17) is 15.2 Å². The summed E-state index contributed by atoms with van der Waals surface area (Å²) in [5.74, 6) is 2.21. The molecule has 18 heavy (non-hydrogen) atoms. The maximum atomic E-state index is 6.05. The molecule has 2 atom stereocenters. The van der Waals surface area contributed by atoms with E-state index in [1.807, 2.05) is 6.07 Å². The molecule has 0 radical (unpaired) electrons. The molecule has 2 rings (SSSR count). The quantitative estimate of drug-likeness (QED) is 0.916. The Morgan fingerprint density at radius 2 is 1.89 bits per heavy atom. The summed E-state index contributed by atoms with van der Waals surface area (Å²) in [5, 5.41) is 0. The van der Waals surface area contributed by atoms with Gasteiger partial charge in [-0.1, -0.05) is 19.9 Å². The van der Waals surface area contributed by atoms with Gasteiger partial charge in [-0.3, -0.25) is 0 Å². The molecule has 0 amide bonds. The van der Waals surface area contributed by atoms with Crippen molar-refractivity contribution in [2.45, 2.75) is 32.7 Å². The van der Waals surface area contributed by atoms with Gasteiger partial charge in [-0.15, -0.1) is 12.4 Å². The molecule has 2 unspecified atom stereocenters.